The highest BCUT2D eigenvalue weighted by Gasteiger charge is 2.29. The van der Waals surface area contributed by atoms with E-state index in [0.717, 1.165) is 65.8 Å². The highest BCUT2D eigenvalue weighted by atomic mass is 32.2. The zero-order chi connectivity index (χ0) is 76.0. The van der Waals surface area contributed by atoms with Crippen molar-refractivity contribution >= 4 is 105 Å². The van der Waals surface area contributed by atoms with E-state index in [2.05, 4.69) is 80.9 Å². The van der Waals surface area contributed by atoms with E-state index >= 15 is 0 Å². The molecule has 0 aromatic rings. The first-order valence-corrected chi connectivity index (χ1v) is 41.8. The molecule has 1 aliphatic rings. The summed E-state index contributed by atoms with van der Waals surface area (Å²) in [5, 5.41) is 76.8. The van der Waals surface area contributed by atoms with Gasteiger partial charge in [-0.15, -0.1) is 9.24 Å². The van der Waals surface area contributed by atoms with Crippen molar-refractivity contribution in [3.8, 4) is 0 Å². The maximum atomic E-state index is 11.6. The SMILES string of the molecule is CC(C)C(=O)N[C@@H](C)C(O)CN(C)S(C)(=O)=O.CC(CP)C(=O)N[C@@H](C)C(O)CN(C)S(C)(=O)=O.CCC(C)C(=O)N[C@@H](C)C(O)CN(C)S(C)(=O)=O.CNCC(O)[C@H](C)NP.C[C@H](N)C(O)CN(C)S(C)(=O)=O.C[C@H](NP)C(O)CN(C)S(C)(=O)=O.C[C@H](NP)C1CO1. The summed E-state index contributed by atoms with van der Waals surface area (Å²) in [4.78, 5) is 34.6. The first kappa shape index (κ1) is 104. The molecule has 42 heteroatoms. The van der Waals surface area contributed by atoms with Crippen LogP contribution in [0, 0.1) is 17.8 Å². The standard InChI is InChI=1S/C11H24N2O4S.C10H23N2O4PS.C10H22N2O4S.C6H17N2O3PS.C6H16N2O3S.C5H15N2OP.C4H10NOP/c1-6-8(2)11(15)12-9(3)10(14)7-13(4)18(5,16)17;1-7(6-17)10(14)11-8(2)9(13)5-12(3)18(4,15)16;1-7(2)10(14)11-8(3)9(13)6-12(4)17(5,15)16;1-5(7-12)6(9)4-8(2)13(3,10)11;1-5(7)6(9)4-8(2)12(3,10)11;1-4(7-9)5(8)3-6-2;1-3(5-7)4-2-6-4/h8-10,14H,6-7H2,1-5H3,(H,12,15);7-9,13H,5-6,17H2,1-4H3,(H,11,14);7-9,13H,6H2,1-5H3,(H,11,14);5-7,9H,4,12H2,1-3H3;5-6,9H,4,7H2,1-3H3;4-8H,3,9H2,1-2H3;3-5H,2,7H2,1H3/t8?,9-,10?;7?,8-,9?;8-,9?;2*5-,6?;4-,5?;3-,4?/m0000000/s1. The molecule has 0 aliphatic carbocycles. The Morgan fingerprint density at radius 2 is 0.723 bits per heavy atom. The number of amides is 3. The number of ether oxygens (including phenoxy) is 1. The molecule has 0 radical (unpaired) electrons. The van der Waals surface area contributed by atoms with Crippen molar-refractivity contribution in [1.29, 1.82) is 0 Å². The van der Waals surface area contributed by atoms with Gasteiger partial charge in [-0.05, 0) is 68.1 Å². The third-order valence-electron chi connectivity index (χ3n) is 14.2. The predicted molar refractivity (Wildman–Crippen MR) is 388 cm³/mol. The lowest BCUT2D eigenvalue weighted by Gasteiger charge is -2.25. The number of aliphatic hydroxyl groups is 6. The second-order valence-corrected chi connectivity index (χ2v) is 35.7. The van der Waals surface area contributed by atoms with Gasteiger partial charge in [-0.1, -0.05) is 62.8 Å². The van der Waals surface area contributed by atoms with E-state index in [0.29, 0.717) is 24.9 Å². The molecule has 1 saturated heterocycles. The van der Waals surface area contributed by atoms with Gasteiger partial charge in [0.15, 0.2) is 0 Å². The summed E-state index contributed by atoms with van der Waals surface area (Å²) in [5.41, 5.74) is 5.36. The summed E-state index contributed by atoms with van der Waals surface area (Å²) in [5.74, 6) is -0.898. The third-order valence-corrected chi connectivity index (χ3v) is 22.8. The molecule has 1 aliphatic heterocycles. The minimum atomic E-state index is -3.32. The van der Waals surface area contributed by atoms with Gasteiger partial charge < -0.3 is 62.4 Å². The summed E-state index contributed by atoms with van der Waals surface area (Å²) >= 11 is 0. The van der Waals surface area contributed by atoms with Crippen molar-refractivity contribution < 1.29 is 91.8 Å². The maximum absolute atomic E-state index is 11.6. The van der Waals surface area contributed by atoms with E-state index in [1.54, 1.807) is 62.3 Å². The molecule has 13 unspecified atom stereocenters. The predicted octanol–water partition coefficient (Wildman–Crippen LogP) is -4.48. The summed E-state index contributed by atoms with van der Waals surface area (Å²) in [6.07, 6.45) is 2.60. The van der Waals surface area contributed by atoms with E-state index in [4.69, 9.17) is 10.5 Å². The number of hydrogen-bond donors (Lipinski definition) is 14. The number of carbonyl (C=O) groups is 3. The van der Waals surface area contributed by atoms with Crippen LogP contribution in [0.1, 0.15) is 89.5 Å². The normalized spacial score (nSPS) is 18.3. The van der Waals surface area contributed by atoms with Crippen LogP contribution in [0.2, 0.25) is 0 Å². The number of aliphatic hydroxyl groups excluding tert-OH is 6. The molecule has 0 saturated carbocycles. The molecule has 0 spiro atoms. The van der Waals surface area contributed by atoms with E-state index in [1.165, 1.54) is 35.2 Å². The lowest BCUT2D eigenvalue weighted by atomic mass is 10.1. The number of carbonyl (C=O) groups excluding carboxylic acids is 3. The van der Waals surface area contributed by atoms with Crippen molar-refractivity contribution in [2.45, 2.75) is 175 Å². The lowest BCUT2D eigenvalue weighted by Crippen LogP contribution is -2.48. The zero-order valence-electron chi connectivity index (χ0n) is 59.7. The Hall–Kier alpha value is -0.800. The van der Waals surface area contributed by atoms with Crippen LogP contribution in [0.15, 0.2) is 0 Å². The molecule has 94 heavy (non-hydrogen) atoms. The van der Waals surface area contributed by atoms with E-state index < -0.39 is 105 Å². The number of likely N-dealkylation sites (N-methyl/N-ethyl adjacent to an activating group) is 6. The molecular weight excluding hydrogens is 1410 g/mol. The van der Waals surface area contributed by atoms with Crippen molar-refractivity contribution in [1.82, 2.24) is 58.1 Å². The second-order valence-electron chi connectivity index (χ2n) is 23.8. The fraction of sp³-hybridized carbons (Fsp3) is 0.942. The Labute approximate surface area is 575 Å². The van der Waals surface area contributed by atoms with Crippen LogP contribution in [0.5, 0.6) is 0 Å². The highest BCUT2D eigenvalue weighted by molar-refractivity contribution is 7.89. The largest absolute Gasteiger partial charge is 0.390 e. The average molecular weight is 1540 g/mol. The average Bonchev–Trinajstić information content (AvgIpc) is 1.25. The third kappa shape index (κ3) is 54.0. The summed E-state index contributed by atoms with van der Waals surface area (Å²) in [7, 11) is 2.05. The molecule has 33 nitrogen and oxygen atoms in total. The van der Waals surface area contributed by atoms with Crippen molar-refractivity contribution in [3.63, 3.8) is 0 Å². The van der Waals surface area contributed by atoms with Gasteiger partial charge in [-0.25, -0.2) is 63.6 Å². The van der Waals surface area contributed by atoms with Gasteiger partial charge in [0.1, 0.15) is 0 Å². The summed E-state index contributed by atoms with van der Waals surface area (Å²) in [6, 6.07) is -1.43. The van der Waals surface area contributed by atoms with Gasteiger partial charge in [-0.3, -0.25) is 29.6 Å². The first-order valence-electron chi connectivity index (χ1n) is 30.0. The van der Waals surface area contributed by atoms with Crippen LogP contribution in [-0.2, 0) is 69.2 Å². The molecule has 0 bridgehead atoms. The second kappa shape index (κ2) is 52.2. The lowest BCUT2D eigenvalue weighted by molar-refractivity contribution is -0.126. The maximum Gasteiger partial charge on any atom is 0.223 e. The molecule has 20 atom stereocenters. The molecule has 1 rings (SSSR count). The summed E-state index contributed by atoms with van der Waals surface area (Å²) < 4.78 is 121. The number of hydrogen-bond acceptors (Lipinski definition) is 25. The molecule has 0 aromatic carbocycles. The van der Waals surface area contributed by atoms with E-state index in [9.17, 15) is 87.1 Å². The number of nitrogens with one attached hydrogen (secondary N) is 7. The first-order chi connectivity index (χ1) is 42.3. The minimum absolute atomic E-state index is 0.0382. The van der Waals surface area contributed by atoms with Gasteiger partial charge in [-0.2, -0.15) is 0 Å². The van der Waals surface area contributed by atoms with Crippen LogP contribution in [-0.4, -0.2) is 323 Å². The van der Waals surface area contributed by atoms with Gasteiger partial charge >= 0.3 is 0 Å². The molecule has 0 aromatic heterocycles. The quantitative estimate of drug-likeness (QED) is 0.0210. The van der Waals surface area contributed by atoms with E-state index in [1.807, 2.05) is 20.9 Å². The Balaban J connectivity index is -0.000000245. The van der Waals surface area contributed by atoms with Gasteiger partial charge in [0.05, 0.1) is 98.7 Å². The topological polar surface area (TPSA) is 482 Å². The molecule has 15 N–H and O–H groups in total. The monoisotopic (exact) mass is 1540 g/mol. The van der Waals surface area contributed by atoms with Gasteiger partial charge in [0, 0.05) is 116 Å². The molecular formula is C52H127N13O20P4S5. The van der Waals surface area contributed by atoms with Crippen LogP contribution >= 0.6 is 37.4 Å². The minimum Gasteiger partial charge on any atom is -0.390 e. The molecule has 1 heterocycles. The van der Waals surface area contributed by atoms with Crippen LogP contribution in [0.3, 0.4) is 0 Å². The fourth-order valence-electron chi connectivity index (χ4n) is 5.56. The van der Waals surface area contributed by atoms with Crippen molar-refractivity contribution in [3.05, 3.63) is 0 Å². The molecule has 1 fully saturated rings. The molecule has 570 valence electrons. The number of sulfonamides is 5. The number of rotatable bonds is 35. The van der Waals surface area contributed by atoms with Crippen LogP contribution < -0.4 is 42.3 Å². The van der Waals surface area contributed by atoms with Crippen LogP contribution in [0.4, 0.5) is 0 Å². The van der Waals surface area contributed by atoms with Crippen LogP contribution in [0.25, 0.3) is 0 Å². The van der Waals surface area contributed by atoms with Gasteiger partial charge in [0.25, 0.3) is 0 Å². The Bertz CT molecular complexity index is 2570. The highest BCUT2D eigenvalue weighted by Crippen LogP contribution is 2.14. The number of epoxide rings is 1. The number of nitrogens with two attached hydrogens (primary N) is 1. The van der Waals surface area contributed by atoms with Crippen molar-refractivity contribution in [2.75, 3.05) is 126 Å². The smallest absolute Gasteiger partial charge is 0.223 e. The van der Waals surface area contributed by atoms with Gasteiger partial charge in [0.2, 0.25) is 67.8 Å². The number of nitrogens with zero attached hydrogens (tertiary/aromatic N) is 5. The zero-order valence-corrected chi connectivity index (χ0v) is 68.4. The Morgan fingerprint density at radius 3 is 0.926 bits per heavy atom. The Kier molecular flexibility index (Phi) is 57.9. The molecule has 3 amide bonds. The van der Waals surface area contributed by atoms with Crippen molar-refractivity contribution in [2.24, 2.45) is 23.5 Å². The fourth-order valence-corrected chi connectivity index (χ4v) is 8.55. The summed E-state index contributed by atoms with van der Waals surface area (Å²) in [6.45, 7) is 22.9. The Morgan fingerprint density at radius 1 is 0.468 bits per heavy atom. The van der Waals surface area contributed by atoms with E-state index in [-0.39, 0.29) is 86.4 Å².